The molecule has 130 valence electrons. The molecule has 0 saturated heterocycles. The van der Waals surface area contributed by atoms with Crippen molar-refractivity contribution in [3.8, 4) is 0 Å². The highest BCUT2D eigenvalue weighted by molar-refractivity contribution is 5.86. The lowest BCUT2D eigenvalue weighted by Gasteiger charge is -2.30. The van der Waals surface area contributed by atoms with E-state index < -0.39 is 12.1 Å². The van der Waals surface area contributed by atoms with Crippen molar-refractivity contribution in [1.29, 1.82) is 0 Å². The number of fused-ring (bicyclic) bond motifs is 1. The van der Waals surface area contributed by atoms with Gasteiger partial charge in [-0.2, -0.15) is 13.2 Å². The Labute approximate surface area is 139 Å². The summed E-state index contributed by atoms with van der Waals surface area (Å²) in [6, 6.07) is 11.8. The summed E-state index contributed by atoms with van der Waals surface area (Å²) in [6.07, 6.45) is -2.28. The van der Waals surface area contributed by atoms with Crippen LogP contribution in [0.3, 0.4) is 0 Å². The van der Waals surface area contributed by atoms with Crippen molar-refractivity contribution in [3.63, 3.8) is 0 Å². The molecule has 1 saturated carbocycles. The summed E-state index contributed by atoms with van der Waals surface area (Å²) in [7, 11) is 0. The molecule has 24 heavy (non-hydrogen) atoms. The Morgan fingerprint density at radius 3 is 2.29 bits per heavy atom. The summed E-state index contributed by atoms with van der Waals surface area (Å²) in [4.78, 5) is 0. The number of hydrogen-bond acceptors (Lipinski definition) is 2. The number of rotatable bonds is 4. The van der Waals surface area contributed by atoms with E-state index >= 15 is 0 Å². The van der Waals surface area contributed by atoms with Crippen LogP contribution in [0.25, 0.3) is 10.8 Å². The molecule has 1 fully saturated rings. The molecule has 1 aliphatic rings. The van der Waals surface area contributed by atoms with Gasteiger partial charge in [0.15, 0.2) is 0 Å². The Balaban J connectivity index is 1.56. The highest BCUT2D eigenvalue weighted by Crippen LogP contribution is 2.39. The fraction of sp³-hybridized carbons (Fsp3) is 0.474. The molecule has 0 spiro atoms. The molecule has 0 aliphatic heterocycles. The minimum absolute atomic E-state index is 0.0243. The fourth-order valence-corrected chi connectivity index (χ4v) is 3.46. The Morgan fingerprint density at radius 2 is 1.62 bits per heavy atom. The SMILES string of the molecule is OCc1ccc2cc(NCC3CCC(C(F)(F)F)CC3)ccc2c1. The zero-order valence-electron chi connectivity index (χ0n) is 13.4. The van der Waals surface area contributed by atoms with Crippen LogP contribution in [0, 0.1) is 11.8 Å². The zero-order chi connectivity index (χ0) is 17.2. The monoisotopic (exact) mass is 337 g/mol. The second-order valence-electron chi connectivity index (χ2n) is 6.69. The van der Waals surface area contributed by atoms with E-state index in [4.69, 9.17) is 5.11 Å². The van der Waals surface area contributed by atoms with Crippen LogP contribution in [0.15, 0.2) is 36.4 Å². The Kier molecular flexibility index (Phi) is 4.99. The van der Waals surface area contributed by atoms with Gasteiger partial charge >= 0.3 is 6.18 Å². The van der Waals surface area contributed by atoms with E-state index in [2.05, 4.69) is 5.32 Å². The Bertz CT molecular complexity index is 691. The van der Waals surface area contributed by atoms with Crippen LogP contribution < -0.4 is 5.32 Å². The first kappa shape index (κ1) is 17.1. The maximum absolute atomic E-state index is 12.7. The number of benzene rings is 2. The van der Waals surface area contributed by atoms with Crippen molar-refractivity contribution in [1.82, 2.24) is 0 Å². The van der Waals surface area contributed by atoms with Gasteiger partial charge in [-0.3, -0.25) is 0 Å². The lowest BCUT2D eigenvalue weighted by molar-refractivity contribution is -0.183. The topological polar surface area (TPSA) is 32.3 Å². The number of aliphatic hydroxyl groups is 1. The molecular formula is C19H22F3NO. The quantitative estimate of drug-likeness (QED) is 0.812. The van der Waals surface area contributed by atoms with Crippen LogP contribution in [-0.2, 0) is 6.61 Å². The van der Waals surface area contributed by atoms with Crippen LogP contribution >= 0.6 is 0 Å². The maximum Gasteiger partial charge on any atom is 0.391 e. The molecule has 5 heteroatoms. The first-order chi connectivity index (χ1) is 11.5. The summed E-state index contributed by atoms with van der Waals surface area (Å²) >= 11 is 0. The number of hydrogen-bond donors (Lipinski definition) is 2. The third-order valence-electron chi connectivity index (χ3n) is 4.99. The van der Waals surface area contributed by atoms with Crippen molar-refractivity contribution in [2.75, 3.05) is 11.9 Å². The molecule has 0 atom stereocenters. The average Bonchev–Trinajstić information content (AvgIpc) is 2.59. The van der Waals surface area contributed by atoms with E-state index in [1.807, 2.05) is 36.4 Å². The third-order valence-corrected chi connectivity index (χ3v) is 4.99. The summed E-state index contributed by atoms with van der Waals surface area (Å²) in [5.74, 6) is -0.814. The van der Waals surface area contributed by atoms with Crippen LogP contribution in [0.4, 0.5) is 18.9 Å². The number of aliphatic hydroxyl groups excluding tert-OH is 1. The van der Waals surface area contributed by atoms with Crippen LogP contribution in [-0.4, -0.2) is 17.8 Å². The van der Waals surface area contributed by atoms with Gasteiger partial charge in [0.1, 0.15) is 0 Å². The number of anilines is 1. The maximum atomic E-state index is 12.7. The molecule has 0 heterocycles. The molecular weight excluding hydrogens is 315 g/mol. The van der Waals surface area contributed by atoms with E-state index in [1.165, 1.54) is 0 Å². The number of alkyl halides is 3. The molecule has 2 aromatic rings. The standard InChI is InChI=1S/C19H22F3NO/c20-19(21,22)17-6-2-13(3-7-17)11-23-18-8-5-15-9-14(12-24)1-4-16(15)10-18/h1,4-5,8-10,13,17,23-24H,2-3,6-7,11-12H2. The van der Waals surface area contributed by atoms with Gasteiger partial charge in [-0.1, -0.05) is 18.2 Å². The Hall–Kier alpha value is -1.75. The Morgan fingerprint density at radius 1 is 0.958 bits per heavy atom. The van der Waals surface area contributed by atoms with E-state index in [0.717, 1.165) is 22.0 Å². The zero-order valence-corrected chi connectivity index (χ0v) is 13.4. The second kappa shape index (κ2) is 7.01. The summed E-state index contributed by atoms with van der Waals surface area (Å²) in [5, 5.41) is 14.7. The average molecular weight is 337 g/mol. The van der Waals surface area contributed by atoms with Crippen LogP contribution in [0.1, 0.15) is 31.2 Å². The van der Waals surface area contributed by atoms with Gasteiger partial charge < -0.3 is 10.4 Å². The minimum Gasteiger partial charge on any atom is -0.392 e. The van der Waals surface area contributed by atoms with Gasteiger partial charge in [-0.15, -0.1) is 0 Å². The van der Waals surface area contributed by atoms with Crippen molar-refractivity contribution in [2.24, 2.45) is 11.8 Å². The lowest BCUT2D eigenvalue weighted by Crippen LogP contribution is -2.29. The molecule has 2 N–H and O–H groups in total. The van der Waals surface area contributed by atoms with Crippen molar-refractivity contribution >= 4 is 16.5 Å². The first-order valence-corrected chi connectivity index (χ1v) is 8.40. The predicted octanol–water partition coefficient (Wildman–Crippen LogP) is 5.11. The largest absolute Gasteiger partial charge is 0.392 e. The molecule has 0 radical (unpaired) electrons. The van der Waals surface area contributed by atoms with Gasteiger partial charge in [0.2, 0.25) is 0 Å². The lowest BCUT2D eigenvalue weighted by atomic mass is 9.81. The number of nitrogens with one attached hydrogen (secondary N) is 1. The van der Waals surface area contributed by atoms with Gasteiger partial charge in [0.25, 0.3) is 0 Å². The van der Waals surface area contributed by atoms with E-state index in [1.54, 1.807) is 0 Å². The van der Waals surface area contributed by atoms with Crippen LogP contribution in [0.5, 0.6) is 0 Å². The molecule has 1 aliphatic carbocycles. The van der Waals surface area contributed by atoms with Gasteiger partial charge in [0.05, 0.1) is 12.5 Å². The van der Waals surface area contributed by atoms with Crippen molar-refractivity contribution in [2.45, 2.75) is 38.5 Å². The third kappa shape index (κ3) is 4.01. The molecule has 0 amide bonds. The normalized spacial score (nSPS) is 21.8. The highest BCUT2D eigenvalue weighted by atomic mass is 19.4. The van der Waals surface area contributed by atoms with Gasteiger partial charge in [0, 0.05) is 12.2 Å². The molecule has 0 aromatic heterocycles. The minimum atomic E-state index is -4.04. The first-order valence-electron chi connectivity index (χ1n) is 8.40. The van der Waals surface area contributed by atoms with Gasteiger partial charge in [-0.25, -0.2) is 0 Å². The highest BCUT2D eigenvalue weighted by Gasteiger charge is 2.41. The van der Waals surface area contributed by atoms with Crippen LogP contribution in [0.2, 0.25) is 0 Å². The summed E-state index contributed by atoms with van der Waals surface area (Å²) in [6.45, 7) is 0.737. The summed E-state index contributed by atoms with van der Waals surface area (Å²) in [5.41, 5.74) is 1.86. The van der Waals surface area contributed by atoms with Crippen molar-refractivity contribution < 1.29 is 18.3 Å². The van der Waals surface area contributed by atoms with E-state index in [0.29, 0.717) is 25.3 Å². The smallest absolute Gasteiger partial charge is 0.391 e. The fourth-order valence-electron chi connectivity index (χ4n) is 3.46. The predicted molar refractivity (Wildman–Crippen MR) is 89.9 cm³/mol. The molecule has 2 aromatic carbocycles. The molecule has 2 nitrogen and oxygen atoms in total. The van der Waals surface area contributed by atoms with Crippen molar-refractivity contribution in [3.05, 3.63) is 42.0 Å². The molecule has 0 bridgehead atoms. The van der Waals surface area contributed by atoms with E-state index in [9.17, 15) is 13.2 Å². The molecule has 3 rings (SSSR count). The second-order valence-corrected chi connectivity index (χ2v) is 6.69. The van der Waals surface area contributed by atoms with Gasteiger partial charge in [-0.05, 0) is 66.1 Å². The van der Waals surface area contributed by atoms with E-state index in [-0.39, 0.29) is 19.4 Å². The summed E-state index contributed by atoms with van der Waals surface area (Å²) < 4.78 is 38.1. The number of halogens is 3. The molecule has 0 unspecified atom stereocenters.